The molecule has 5 heteroatoms. The Morgan fingerprint density at radius 2 is 2.06 bits per heavy atom. The molecule has 0 amide bonds. The lowest BCUT2D eigenvalue weighted by Crippen LogP contribution is -2.10. The van der Waals surface area contributed by atoms with Gasteiger partial charge in [-0.1, -0.05) is 20.8 Å². The molecule has 17 heavy (non-hydrogen) atoms. The molecular weight excluding hydrogens is 216 g/mol. The minimum Gasteiger partial charge on any atom is -0.443 e. The molecular formula is C12H18N4O. The van der Waals surface area contributed by atoms with E-state index in [9.17, 15) is 0 Å². The van der Waals surface area contributed by atoms with Crippen molar-refractivity contribution in [1.82, 2.24) is 14.8 Å². The first-order valence-corrected chi connectivity index (χ1v) is 5.64. The van der Waals surface area contributed by atoms with Gasteiger partial charge in [0.15, 0.2) is 0 Å². The van der Waals surface area contributed by atoms with Crippen LogP contribution in [0.3, 0.4) is 0 Å². The topological polar surface area (TPSA) is 69.9 Å². The monoisotopic (exact) mass is 234 g/mol. The van der Waals surface area contributed by atoms with Crippen LogP contribution in [0.4, 0.5) is 5.69 Å². The van der Waals surface area contributed by atoms with Gasteiger partial charge in [0.05, 0.1) is 18.1 Å². The third kappa shape index (κ3) is 2.33. The zero-order valence-corrected chi connectivity index (χ0v) is 10.6. The number of anilines is 1. The van der Waals surface area contributed by atoms with E-state index in [1.54, 1.807) is 23.3 Å². The third-order valence-corrected chi connectivity index (χ3v) is 2.64. The number of aromatic nitrogens is 3. The van der Waals surface area contributed by atoms with Gasteiger partial charge in [-0.25, -0.2) is 4.98 Å². The molecule has 1 atom stereocenters. The number of nitrogens with two attached hydrogens (primary N) is 1. The largest absolute Gasteiger partial charge is 0.443 e. The summed E-state index contributed by atoms with van der Waals surface area (Å²) < 4.78 is 7.50. The summed E-state index contributed by atoms with van der Waals surface area (Å²) in [7, 11) is 0. The molecule has 5 nitrogen and oxygen atoms in total. The van der Waals surface area contributed by atoms with E-state index in [0.717, 1.165) is 5.76 Å². The van der Waals surface area contributed by atoms with Crippen molar-refractivity contribution in [3.63, 3.8) is 0 Å². The lowest BCUT2D eigenvalue weighted by Gasteiger charge is -2.14. The van der Waals surface area contributed by atoms with Gasteiger partial charge in [-0.2, -0.15) is 5.10 Å². The second-order valence-electron chi connectivity index (χ2n) is 5.24. The molecule has 2 heterocycles. The summed E-state index contributed by atoms with van der Waals surface area (Å²) in [6.07, 6.45) is 5.16. The Morgan fingerprint density at radius 3 is 2.53 bits per heavy atom. The molecule has 0 saturated carbocycles. The predicted octanol–water partition coefficient (Wildman–Crippen LogP) is 2.36. The SMILES string of the molecule is C[C@H](c1ncc(C(C)(C)C)o1)n1cc(N)cn1. The highest BCUT2D eigenvalue weighted by Crippen LogP contribution is 2.26. The zero-order valence-electron chi connectivity index (χ0n) is 10.6. The van der Waals surface area contributed by atoms with Crippen molar-refractivity contribution < 1.29 is 4.42 Å². The van der Waals surface area contributed by atoms with E-state index >= 15 is 0 Å². The van der Waals surface area contributed by atoms with E-state index in [-0.39, 0.29) is 11.5 Å². The quantitative estimate of drug-likeness (QED) is 0.866. The first kappa shape index (κ1) is 11.7. The van der Waals surface area contributed by atoms with Crippen molar-refractivity contribution in [3.05, 3.63) is 30.2 Å². The van der Waals surface area contributed by atoms with Crippen molar-refractivity contribution in [2.45, 2.75) is 39.2 Å². The van der Waals surface area contributed by atoms with E-state index in [2.05, 4.69) is 30.9 Å². The maximum absolute atomic E-state index is 5.76. The first-order chi connectivity index (χ1) is 7.88. The van der Waals surface area contributed by atoms with Crippen LogP contribution in [0, 0.1) is 0 Å². The Balaban J connectivity index is 2.26. The normalized spacial score (nSPS) is 13.9. The summed E-state index contributed by atoms with van der Waals surface area (Å²) in [6, 6.07) is -0.0524. The smallest absolute Gasteiger partial charge is 0.218 e. The molecule has 0 aliphatic carbocycles. The zero-order chi connectivity index (χ0) is 12.6. The van der Waals surface area contributed by atoms with Crippen LogP contribution in [-0.4, -0.2) is 14.8 Å². The van der Waals surface area contributed by atoms with Crippen LogP contribution in [-0.2, 0) is 5.41 Å². The molecule has 2 N–H and O–H groups in total. The summed E-state index contributed by atoms with van der Waals surface area (Å²) in [4.78, 5) is 4.30. The Labute approximate surface area is 101 Å². The van der Waals surface area contributed by atoms with E-state index in [0.29, 0.717) is 11.6 Å². The van der Waals surface area contributed by atoms with Gasteiger partial charge in [-0.05, 0) is 6.92 Å². The third-order valence-electron chi connectivity index (χ3n) is 2.64. The second-order valence-corrected chi connectivity index (χ2v) is 5.24. The van der Waals surface area contributed by atoms with E-state index in [1.165, 1.54) is 0 Å². The number of nitrogens with zero attached hydrogens (tertiary/aromatic N) is 3. The van der Waals surface area contributed by atoms with Crippen LogP contribution in [0.25, 0.3) is 0 Å². The first-order valence-electron chi connectivity index (χ1n) is 5.64. The van der Waals surface area contributed by atoms with Crippen molar-refractivity contribution in [3.8, 4) is 0 Å². The van der Waals surface area contributed by atoms with Crippen LogP contribution in [0.1, 0.15) is 45.4 Å². The fourth-order valence-corrected chi connectivity index (χ4v) is 1.51. The van der Waals surface area contributed by atoms with Crippen molar-refractivity contribution in [1.29, 1.82) is 0 Å². The molecule has 0 aliphatic heterocycles. The number of oxazole rings is 1. The molecule has 0 radical (unpaired) electrons. The van der Waals surface area contributed by atoms with Crippen molar-refractivity contribution >= 4 is 5.69 Å². The van der Waals surface area contributed by atoms with Crippen LogP contribution >= 0.6 is 0 Å². The molecule has 2 aromatic heterocycles. The van der Waals surface area contributed by atoms with Crippen molar-refractivity contribution in [2.75, 3.05) is 5.73 Å². The Hall–Kier alpha value is -1.78. The maximum Gasteiger partial charge on any atom is 0.218 e. The average molecular weight is 234 g/mol. The summed E-state index contributed by atoms with van der Waals surface area (Å²) in [5.74, 6) is 1.53. The van der Waals surface area contributed by atoms with Gasteiger partial charge in [-0.3, -0.25) is 4.68 Å². The number of hydrogen-bond acceptors (Lipinski definition) is 4. The lowest BCUT2D eigenvalue weighted by atomic mass is 9.94. The Kier molecular flexibility index (Phi) is 2.69. The minimum atomic E-state index is -0.0524. The molecule has 0 aliphatic rings. The van der Waals surface area contributed by atoms with Gasteiger partial charge in [0.1, 0.15) is 11.8 Å². The molecule has 0 bridgehead atoms. The molecule has 2 aromatic rings. The fourth-order valence-electron chi connectivity index (χ4n) is 1.51. The van der Waals surface area contributed by atoms with Crippen LogP contribution in [0.5, 0.6) is 0 Å². The summed E-state index contributed by atoms with van der Waals surface area (Å²) in [5, 5.41) is 4.16. The van der Waals surface area contributed by atoms with Crippen LogP contribution in [0.2, 0.25) is 0 Å². The summed E-state index contributed by atoms with van der Waals surface area (Å²) in [5.41, 5.74) is 6.24. The highest BCUT2D eigenvalue weighted by molar-refractivity contribution is 5.30. The van der Waals surface area contributed by atoms with Crippen molar-refractivity contribution in [2.24, 2.45) is 0 Å². The maximum atomic E-state index is 5.76. The van der Waals surface area contributed by atoms with Crippen LogP contribution in [0.15, 0.2) is 23.0 Å². The standard InChI is InChI=1S/C12H18N4O/c1-8(16-7-9(13)5-15-16)11-14-6-10(17-11)12(2,3)4/h5-8H,13H2,1-4H3/t8-/m1/s1. The van der Waals surface area contributed by atoms with Gasteiger partial charge in [0.2, 0.25) is 5.89 Å². The number of rotatable bonds is 2. The van der Waals surface area contributed by atoms with E-state index < -0.39 is 0 Å². The highest BCUT2D eigenvalue weighted by atomic mass is 16.4. The molecule has 92 valence electrons. The van der Waals surface area contributed by atoms with Gasteiger partial charge in [-0.15, -0.1) is 0 Å². The van der Waals surface area contributed by atoms with Gasteiger partial charge in [0, 0.05) is 11.6 Å². The molecule has 0 fully saturated rings. The van der Waals surface area contributed by atoms with Gasteiger partial charge < -0.3 is 10.2 Å². The molecule has 0 spiro atoms. The molecule has 2 rings (SSSR count). The highest BCUT2D eigenvalue weighted by Gasteiger charge is 2.22. The lowest BCUT2D eigenvalue weighted by molar-refractivity contribution is 0.348. The van der Waals surface area contributed by atoms with Crippen LogP contribution < -0.4 is 5.73 Å². The van der Waals surface area contributed by atoms with E-state index in [4.69, 9.17) is 10.2 Å². The van der Waals surface area contributed by atoms with Gasteiger partial charge >= 0.3 is 0 Å². The summed E-state index contributed by atoms with van der Waals surface area (Å²) >= 11 is 0. The minimum absolute atomic E-state index is 0.0336. The average Bonchev–Trinajstić information content (AvgIpc) is 2.83. The molecule has 0 saturated heterocycles. The van der Waals surface area contributed by atoms with E-state index in [1.807, 2.05) is 6.92 Å². The number of nitrogen functional groups attached to an aromatic ring is 1. The van der Waals surface area contributed by atoms with Gasteiger partial charge in [0.25, 0.3) is 0 Å². The number of hydrogen-bond donors (Lipinski definition) is 1. The molecule has 0 unspecified atom stereocenters. The Bertz CT molecular complexity index is 507. The molecule has 0 aromatic carbocycles. The fraction of sp³-hybridized carbons (Fsp3) is 0.500. The predicted molar refractivity (Wildman–Crippen MR) is 65.7 cm³/mol. The second kappa shape index (κ2) is 3.91. The Morgan fingerprint density at radius 1 is 1.35 bits per heavy atom. The summed E-state index contributed by atoms with van der Waals surface area (Å²) in [6.45, 7) is 8.25.